The maximum Gasteiger partial charge on any atom is 0.256 e. The molecular weight excluding hydrogens is 109 g/mol. The van der Waals surface area contributed by atoms with Crippen molar-refractivity contribution < 1.29 is 9.18 Å². The van der Waals surface area contributed by atoms with Gasteiger partial charge in [0.1, 0.15) is 0 Å². The summed E-state index contributed by atoms with van der Waals surface area (Å²) in [5.74, 6) is -0.586. The molecule has 1 amide bonds. The van der Waals surface area contributed by atoms with Crippen LogP contribution >= 0.6 is 0 Å². The molecule has 0 saturated carbocycles. The van der Waals surface area contributed by atoms with Crippen molar-refractivity contribution in [3.8, 4) is 0 Å². The molecule has 2 nitrogen and oxygen atoms in total. The van der Waals surface area contributed by atoms with E-state index in [0.717, 1.165) is 0 Å². The third-order valence-corrected chi connectivity index (χ3v) is 0.767. The van der Waals surface area contributed by atoms with E-state index in [1.54, 1.807) is 0 Å². The summed E-state index contributed by atoms with van der Waals surface area (Å²) in [7, 11) is 1.41. The summed E-state index contributed by atoms with van der Waals surface area (Å²) in [6.45, 7) is 2.43. The van der Waals surface area contributed by atoms with Gasteiger partial charge in [-0.15, -0.1) is 0 Å². The summed E-state index contributed by atoms with van der Waals surface area (Å²) in [5.41, 5.74) is -1.74. The van der Waals surface area contributed by atoms with E-state index in [2.05, 4.69) is 5.32 Å². The van der Waals surface area contributed by atoms with Crippen molar-refractivity contribution in [1.29, 1.82) is 0 Å². The molecule has 0 radical (unpaired) electrons. The highest BCUT2D eigenvalue weighted by Gasteiger charge is 2.24. The molecule has 0 rings (SSSR count). The lowest BCUT2D eigenvalue weighted by Crippen LogP contribution is -2.36. The molecule has 0 saturated heterocycles. The Morgan fingerprint density at radius 1 is 1.62 bits per heavy atom. The van der Waals surface area contributed by atoms with Gasteiger partial charge in [0.15, 0.2) is 5.67 Å². The maximum absolute atomic E-state index is 12.4. The largest absolute Gasteiger partial charge is 0.356 e. The molecule has 0 aromatic heterocycles. The van der Waals surface area contributed by atoms with Gasteiger partial charge in [0.2, 0.25) is 0 Å². The van der Waals surface area contributed by atoms with Gasteiger partial charge in [-0.2, -0.15) is 0 Å². The molecule has 0 atom stereocenters. The molecule has 48 valence electrons. The molecule has 8 heavy (non-hydrogen) atoms. The monoisotopic (exact) mass is 119 g/mol. The number of amides is 1. The molecule has 0 aliphatic carbocycles. The van der Waals surface area contributed by atoms with E-state index in [1.807, 2.05) is 0 Å². The van der Waals surface area contributed by atoms with Crippen LogP contribution in [-0.4, -0.2) is 18.6 Å². The minimum Gasteiger partial charge on any atom is -0.356 e. The van der Waals surface area contributed by atoms with Crippen molar-refractivity contribution in [2.24, 2.45) is 0 Å². The van der Waals surface area contributed by atoms with Gasteiger partial charge in [0, 0.05) is 7.05 Å². The number of hydrogen-bond acceptors (Lipinski definition) is 1. The number of carbonyl (C=O) groups is 1. The number of alkyl halides is 1. The van der Waals surface area contributed by atoms with Gasteiger partial charge in [0.05, 0.1) is 0 Å². The quantitative estimate of drug-likeness (QED) is 0.534. The summed E-state index contributed by atoms with van der Waals surface area (Å²) in [4.78, 5) is 10.3. The Balaban J connectivity index is 3.82. The van der Waals surface area contributed by atoms with Crippen LogP contribution in [0.5, 0.6) is 0 Å². The van der Waals surface area contributed by atoms with E-state index in [4.69, 9.17) is 0 Å². The SMILES string of the molecule is CNC(=O)C(C)(C)F. The average molecular weight is 119 g/mol. The second kappa shape index (κ2) is 2.11. The van der Waals surface area contributed by atoms with Gasteiger partial charge in [-0.1, -0.05) is 0 Å². The molecule has 0 spiro atoms. The van der Waals surface area contributed by atoms with E-state index >= 15 is 0 Å². The van der Waals surface area contributed by atoms with E-state index < -0.39 is 11.6 Å². The second-order valence-corrected chi connectivity index (χ2v) is 2.05. The predicted octanol–water partition coefficient (Wildman–Crippen LogP) is 0.480. The first-order valence-electron chi connectivity index (χ1n) is 2.39. The van der Waals surface area contributed by atoms with Crippen molar-refractivity contribution in [3.05, 3.63) is 0 Å². The van der Waals surface area contributed by atoms with Crippen molar-refractivity contribution in [2.75, 3.05) is 7.05 Å². The lowest BCUT2D eigenvalue weighted by atomic mass is 10.1. The van der Waals surface area contributed by atoms with Crippen LogP contribution in [0.2, 0.25) is 0 Å². The van der Waals surface area contributed by atoms with Crippen LogP contribution in [0.25, 0.3) is 0 Å². The molecule has 0 aliphatic rings. The van der Waals surface area contributed by atoms with E-state index in [9.17, 15) is 9.18 Å². The molecule has 0 unspecified atom stereocenters. The Bertz CT molecular complexity index is 95.1. The van der Waals surface area contributed by atoms with Gasteiger partial charge in [-0.3, -0.25) is 4.79 Å². The van der Waals surface area contributed by atoms with Gasteiger partial charge < -0.3 is 5.32 Å². The first-order valence-corrected chi connectivity index (χ1v) is 2.39. The molecule has 0 fully saturated rings. The number of rotatable bonds is 1. The normalized spacial score (nSPS) is 11.0. The number of nitrogens with one attached hydrogen (secondary N) is 1. The van der Waals surface area contributed by atoms with E-state index in [0.29, 0.717) is 0 Å². The highest BCUT2D eigenvalue weighted by Crippen LogP contribution is 2.06. The molecule has 0 aliphatic heterocycles. The van der Waals surface area contributed by atoms with E-state index in [-0.39, 0.29) is 0 Å². The number of hydrogen-bond donors (Lipinski definition) is 1. The lowest BCUT2D eigenvalue weighted by molar-refractivity contribution is -0.130. The first kappa shape index (κ1) is 7.40. The Kier molecular flexibility index (Phi) is 1.95. The first-order chi connectivity index (χ1) is 3.48. The molecular formula is C5H10FNO. The van der Waals surface area contributed by atoms with Crippen molar-refractivity contribution in [2.45, 2.75) is 19.5 Å². The van der Waals surface area contributed by atoms with Crippen LogP contribution in [-0.2, 0) is 4.79 Å². The zero-order valence-electron chi connectivity index (χ0n) is 5.29. The summed E-state index contributed by atoms with van der Waals surface area (Å²) in [6, 6.07) is 0. The van der Waals surface area contributed by atoms with Crippen LogP contribution in [0.4, 0.5) is 4.39 Å². The second-order valence-electron chi connectivity index (χ2n) is 2.05. The third kappa shape index (κ3) is 1.91. The van der Waals surface area contributed by atoms with Gasteiger partial charge in [0.25, 0.3) is 5.91 Å². The van der Waals surface area contributed by atoms with Gasteiger partial charge >= 0.3 is 0 Å². The zero-order chi connectivity index (χ0) is 6.78. The molecule has 0 aromatic rings. The van der Waals surface area contributed by atoms with Crippen LogP contribution in [0, 0.1) is 0 Å². The lowest BCUT2D eigenvalue weighted by Gasteiger charge is -2.09. The summed E-state index contributed by atoms with van der Waals surface area (Å²) in [6.07, 6.45) is 0. The van der Waals surface area contributed by atoms with Crippen molar-refractivity contribution in [3.63, 3.8) is 0 Å². The summed E-state index contributed by atoms with van der Waals surface area (Å²) < 4.78 is 12.4. The van der Waals surface area contributed by atoms with Crippen LogP contribution in [0.15, 0.2) is 0 Å². The van der Waals surface area contributed by atoms with Crippen molar-refractivity contribution >= 4 is 5.91 Å². The Morgan fingerprint density at radius 3 is 2.00 bits per heavy atom. The molecule has 0 bridgehead atoms. The highest BCUT2D eigenvalue weighted by atomic mass is 19.1. The maximum atomic E-state index is 12.4. The third-order valence-electron chi connectivity index (χ3n) is 0.767. The van der Waals surface area contributed by atoms with Crippen LogP contribution in [0.3, 0.4) is 0 Å². The topological polar surface area (TPSA) is 29.1 Å². The molecule has 0 aromatic carbocycles. The Morgan fingerprint density at radius 2 is 2.00 bits per heavy atom. The fraction of sp³-hybridized carbons (Fsp3) is 0.800. The predicted molar refractivity (Wildman–Crippen MR) is 29.3 cm³/mol. The fourth-order valence-corrected chi connectivity index (χ4v) is 0.297. The smallest absolute Gasteiger partial charge is 0.256 e. The minimum absolute atomic E-state index is 0.586. The van der Waals surface area contributed by atoms with Gasteiger partial charge in [-0.25, -0.2) is 4.39 Å². The van der Waals surface area contributed by atoms with Crippen LogP contribution in [0.1, 0.15) is 13.8 Å². The number of halogens is 1. The van der Waals surface area contributed by atoms with Gasteiger partial charge in [-0.05, 0) is 13.8 Å². The fourth-order valence-electron chi connectivity index (χ4n) is 0.297. The summed E-state index contributed by atoms with van der Waals surface area (Å²) in [5, 5.41) is 2.19. The Hall–Kier alpha value is -0.600. The molecule has 3 heteroatoms. The highest BCUT2D eigenvalue weighted by molar-refractivity contribution is 5.83. The molecule has 0 heterocycles. The molecule has 1 N–H and O–H groups in total. The average Bonchev–Trinajstić information content (AvgIpc) is 1.62. The summed E-state index contributed by atoms with van der Waals surface area (Å²) >= 11 is 0. The standard InChI is InChI=1S/C5H10FNO/c1-5(2,6)4(8)7-3/h1-3H3,(H,7,8). The van der Waals surface area contributed by atoms with E-state index in [1.165, 1.54) is 20.9 Å². The minimum atomic E-state index is -1.74. The van der Waals surface area contributed by atoms with Crippen LogP contribution < -0.4 is 5.32 Å². The van der Waals surface area contributed by atoms with Crippen molar-refractivity contribution in [1.82, 2.24) is 5.32 Å². The number of carbonyl (C=O) groups excluding carboxylic acids is 1. The zero-order valence-corrected chi connectivity index (χ0v) is 5.29. The Labute approximate surface area is 48.1 Å².